The highest BCUT2D eigenvalue weighted by Crippen LogP contribution is 2.24. The topological polar surface area (TPSA) is 186 Å². The minimum Gasteiger partial charge on any atom is -0.462 e. The number of carbonyl (C=O) groups is 2. The Morgan fingerprint density at radius 3 is 1.71 bits per heavy atom. The monoisotopic (exact) mass is 800 g/mol. The number of allylic oxidation sites excluding steroid dienone is 8. The molecule has 2 unspecified atom stereocenters. The molecule has 0 spiro atoms. The number of esters is 2. The van der Waals surface area contributed by atoms with Crippen molar-refractivity contribution in [3.8, 4) is 0 Å². The summed E-state index contributed by atoms with van der Waals surface area (Å²) in [4.78, 5) is 25.3. The molecule has 0 aliphatic carbocycles. The molecule has 55 heavy (non-hydrogen) atoms. The van der Waals surface area contributed by atoms with E-state index in [0.717, 1.165) is 57.8 Å². The number of hydrogen-bond acceptors (Lipinski definition) is 11. The molecule has 0 radical (unpaired) electrons. The molecule has 1 aliphatic heterocycles. The summed E-state index contributed by atoms with van der Waals surface area (Å²) < 4.78 is 53.9. The van der Waals surface area contributed by atoms with Crippen LogP contribution in [0.4, 0.5) is 0 Å². The van der Waals surface area contributed by atoms with E-state index in [9.17, 15) is 37.9 Å². The average molecular weight is 801 g/mol. The SMILES string of the molecule is CC/C=C/C/C=C/C/C=C/C/C=C/CCCCC(=O)OC[C@H](CO[C@H]1O[C@H](CS(=O)(=O)O)[C@@H](O)C(O)C1O)OC(=O)CCCCCCCCCCCCCC. The summed E-state index contributed by atoms with van der Waals surface area (Å²) in [6, 6.07) is 0. The standard InChI is InChI=1S/C42H72O12S/c1-3-5-7-9-11-13-15-17-18-19-21-22-24-26-28-30-37(43)51-32-35(33-52-42-41(47)40(46)39(45)36(54-42)34-55(48,49)50)53-38(44)31-29-27-25-23-20-16-14-12-10-8-6-4-2/h5,7,11,13,17-18,21-22,35-36,39-42,45-47H,3-4,6,8-10,12,14-16,19-20,23-34H2,1-2H3,(H,48,49,50)/b7-5+,13-11+,18-17+,22-21+/t35-,36-,39-,40?,41?,42+/m1/s1. The second kappa shape index (κ2) is 32.7. The summed E-state index contributed by atoms with van der Waals surface area (Å²) in [5.41, 5.74) is 0. The molecule has 0 saturated carbocycles. The Morgan fingerprint density at radius 1 is 0.636 bits per heavy atom. The van der Waals surface area contributed by atoms with E-state index in [1.807, 2.05) is 0 Å². The van der Waals surface area contributed by atoms with Crippen molar-refractivity contribution < 1.29 is 56.8 Å². The van der Waals surface area contributed by atoms with E-state index in [-0.39, 0.29) is 19.4 Å². The van der Waals surface area contributed by atoms with Crippen LogP contribution in [0.15, 0.2) is 48.6 Å². The zero-order valence-electron chi connectivity index (χ0n) is 33.5. The van der Waals surface area contributed by atoms with Gasteiger partial charge in [-0.3, -0.25) is 14.1 Å². The second-order valence-electron chi connectivity index (χ2n) is 14.3. The van der Waals surface area contributed by atoms with Crippen molar-refractivity contribution in [3.05, 3.63) is 48.6 Å². The molecule has 0 aromatic rings. The number of hydrogen-bond donors (Lipinski definition) is 4. The maximum Gasteiger partial charge on any atom is 0.306 e. The highest BCUT2D eigenvalue weighted by molar-refractivity contribution is 7.85. The predicted octanol–water partition coefficient (Wildman–Crippen LogP) is 7.61. The van der Waals surface area contributed by atoms with Crippen molar-refractivity contribution >= 4 is 22.1 Å². The Kier molecular flexibility index (Phi) is 30.1. The summed E-state index contributed by atoms with van der Waals surface area (Å²) in [5.74, 6) is -2.04. The molecule has 1 rings (SSSR count). The van der Waals surface area contributed by atoms with Crippen molar-refractivity contribution in [3.63, 3.8) is 0 Å². The molecule has 318 valence electrons. The average Bonchev–Trinajstić information content (AvgIpc) is 3.14. The Bertz CT molecular complexity index is 1210. The number of rotatable bonds is 33. The van der Waals surface area contributed by atoms with Crippen molar-refractivity contribution in [1.29, 1.82) is 0 Å². The van der Waals surface area contributed by atoms with Gasteiger partial charge in [-0.1, -0.05) is 133 Å². The molecule has 1 aliphatic rings. The van der Waals surface area contributed by atoms with Crippen LogP contribution < -0.4 is 0 Å². The van der Waals surface area contributed by atoms with Crippen LogP contribution in [0.5, 0.6) is 0 Å². The normalized spacial score (nSPS) is 21.3. The lowest BCUT2D eigenvalue weighted by atomic mass is 10.00. The third-order valence-electron chi connectivity index (χ3n) is 9.17. The van der Waals surface area contributed by atoms with Gasteiger partial charge < -0.3 is 34.3 Å². The van der Waals surface area contributed by atoms with Crippen molar-refractivity contribution in [2.24, 2.45) is 0 Å². The maximum atomic E-state index is 12.7. The first-order chi connectivity index (χ1) is 26.5. The van der Waals surface area contributed by atoms with Gasteiger partial charge in [0, 0.05) is 12.8 Å². The first-order valence-electron chi connectivity index (χ1n) is 20.7. The minimum absolute atomic E-state index is 0.156. The van der Waals surface area contributed by atoms with Crippen molar-refractivity contribution in [2.75, 3.05) is 19.0 Å². The second-order valence-corrected chi connectivity index (χ2v) is 15.8. The largest absolute Gasteiger partial charge is 0.462 e. The molecule has 4 N–H and O–H groups in total. The number of aliphatic hydroxyl groups is 3. The molecular weight excluding hydrogens is 729 g/mol. The third-order valence-corrected chi connectivity index (χ3v) is 9.92. The first-order valence-corrected chi connectivity index (χ1v) is 22.3. The van der Waals surface area contributed by atoms with Gasteiger partial charge in [0.25, 0.3) is 10.1 Å². The van der Waals surface area contributed by atoms with Crippen LogP contribution in [0.2, 0.25) is 0 Å². The van der Waals surface area contributed by atoms with Gasteiger partial charge in [-0.25, -0.2) is 0 Å². The van der Waals surface area contributed by atoms with E-state index in [1.54, 1.807) is 0 Å². The number of ether oxygens (including phenoxy) is 4. The summed E-state index contributed by atoms with van der Waals surface area (Å²) in [6.07, 6.45) is 27.4. The molecular formula is C42H72O12S. The molecule has 12 nitrogen and oxygen atoms in total. The summed E-state index contributed by atoms with van der Waals surface area (Å²) in [5, 5.41) is 30.8. The molecule has 0 bridgehead atoms. The van der Waals surface area contributed by atoms with Gasteiger partial charge in [-0.15, -0.1) is 0 Å². The fourth-order valence-corrected chi connectivity index (χ4v) is 6.65. The highest BCUT2D eigenvalue weighted by Gasteiger charge is 2.46. The first kappa shape index (κ1) is 50.6. The van der Waals surface area contributed by atoms with Gasteiger partial charge in [0.2, 0.25) is 0 Å². The van der Waals surface area contributed by atoms with Gasteiger partial charge in [-0.05, 0) is 51.4 Å². The Balaban J connectivity index is 2.52. The van der Waals surface area contributed by atoms with Crippen LogP contribution in [0.1, 0.15) is 149 Å². The van der Waals surface area contributed by atoms with E-state index in [0.29, 0.717) is 12.8 Å². The van der Waals surface area contributed by atoms with Crippen LogP contribution in [0.3, 0.4) is 0 Å². The lowest BCUT2D eigenvalue weighted by Crippen LogP contribution is -2.60. The third kappa shape index (κ3) is 27.8. The lowest BCUT2D eigenvalue weighted by molar-refractivity contribution is -0.297. The zero-order valence-corrected chi connectivity index (χ0v) is 34.3. The molecule has 1 saturated heterocycles. The van der Waals surface area contributed by atoms with Gasteiger partial charge >= 0.3 is 11.9 Å². The van der Waals surface area contributed by atoms with E-state index < -0.39 is 71.2 Å². The molecule has 13 heteroatoms. The quantitative estimate of drug-likeness (QED) is 0.0221. The van der Waals surface area contributed by atoms with Gasteiger partial charge in [0.1, 0.15) is 36.8 Å². The Hall–Kier alpha value is -2.39. The van der Waals surface area contributed by atoms with E-state index in [2.05, 4.69) is 62.5 Å². The summed E-state index contributed by atoms with van der Waals surface area (Å²) in [6.45, 7) is 3.58. The van der Waals surface area contributed by atoms with Gasteiger partial charge in [-0.2, -0.15) is 8.42 Å². The Morgan fingerprint density at radius 2 is 1.15 bits per heavy atom. The molecule has 1 heterocycles. The van der Waals surface area contributed by atoms with Crippen molar-refractivity contribution in [2.45, 2.75) is 185 Å². The molecule has 6 atom stereocenters. The minimum atomic E-state index is -4.60. The summed E-state index contributed by atoms with van der Waals surface area (Å²) >= 11 is 0. The molecule has 0 aromatic carbocycles. The van der Waals surface area contributed by atoms with Crippen LogP contribution in [-0.4, -0.2) is 96.0 Å². The van der Waals surface area contributed by atoms with E-state index in [4.69, 9.17) is 18.9 Å². The summed E-state index contributed by atoms with van der Waals surface area (Å²) in [7, 11) is -4.60. The van der Waals surface area contributed by atoms with E-state index in [1.165, 1.54) is 51.4 Å². The Labute approximate surface area is 331 Å². The predicted molar refractivity (Wildman–Crippen MR) is 215 cm³/mol. The highest BCUT2D eigenvalue weighted by atomic mass is 32.2. The van der Waals surface area contributed by atoms with Crippen LogP contribution in [-0.2, 0) is 38.7 Å². The maximum absolute atomic E-state index is 12.7. The molecule has 0 aromatic heterocycles. The van der Waals surface area contributed by atoms with Crippen LogP contribution in [0, 0.1) is 0 Å². The van der Waals surface area contributed by atoms with Crippen LogP contribution >= 0.6 is 0 Å². The van der Waals surface area contributed by atoms with Gasteiger partial charge in [0.15, 0.2) is 12.4 Å². The lowest BCUT2D eigenvalue weighted by Gasteiger charge is -2.40. The van der Waals surface area contributed by atoms with Crippen molar-refractivity contribution in [1.82, 2.24) is 0 Å². The zero-order chi connectivity index (χ0) is 40.6. The number of aliphatic hydroxyl groups excluding tert-OH is 3. The number of carbonyl (C=O) groups excluding carboxylic acids is 2. The fraction of sp³-hybridized carbons (Fsp3) is 0.762. The smallest absolute Gasteiger partial charge is 0.306 e. The number of unbranched alkanes of at least 4 members (excludes halogenated alkanes) is 13. The molecule has 1 fully saturated rings. The molecule has 0 amide bonds. The fourth-order valence-electron chi connectivity index (χ4n) is 5.96. The van der Waals surface area contributed by atoms with Gasteiger partial charge in [0.05, 0.1) is 6.61 Å². The van der Waals surface area contributed by atoms with Crippen LogP contribution in [0.25, 0.3) is 0 Å². The van der Waals surface area contributed by atoms with E-state index >= 15 is 0 Å².